The first kappa shape index (κ1) is 28.0. The molecule has 4 rings (SSSR count). The van der Waals surface area contributed by atoms with E-state index in [1.807, 2.05) is 6.92 Å². The summed E-state index contributed by atoms with van der Waals surface area (Å²) in [6, 6.07) is 13.8. The molecule has 39 heavy (non-hydrogen) atoms. The van der Waals surface area contributed by atoms with Crippen LogP contribution in [0.1, 0.15) is 49.1 Å². The number of anilines is 1. The van der Waals surface area contributed by atoms with E-state index >= 15 is 0 Å². The van der Waals surface area contributed by atoms with E-state index in [4.69, 9.17) is 21.1 Å². The van der Waals surface area contributed by atoms with Gasteiger partial charge in [-0.05, 0) is 91.9 Å². The summed E-state index contributed by atoms with van der Waals surface area (Å²) in [6.45, 7) is 10.4. The smallest absolute Gasteiger partial charge is 0.300 e. The normalized spacial score (nSPS) is 16.7. The van der Waals surface area contributed by atoms with Gasteiger partial charge in [-0.1, -0.05) is 31.5 Å². The van der Waals surface area contributed by atoms with Crippen LogP contribution in [0.5, 0.6) is 17.2 Å². The highest BCUT2D eigenvalue weighted by Gasteiger charge is 2.47. The maximum atomic E-state index is 13.5. The van der Waals surface area contributed by atoms with Crippen molar-refractivity contribution in [3.63, 3.8) is 0 Å². The highest BCUT2D eigenvalue weighted by atomic mass is 35.5. The number of halogens is 1. The molecule has 3 aromatic rings. The van der Waals surface area contributed by atoms with Gasteiger partial charge in [-0.25, -0.2) is 0 Å². The zero-order valence-corrected chi connectivity index (χ0v) is 23.4. The van der Waals surface area contributed by atoms with Crippen LogP contribution >= 0.6 is 11.6 Å². The molecule has 1 aliphatic heterocycles. The fourth-order valence-electron chi connectivity index (χ4n) is 4.63. The van der Waals surface area contributed by atoms with Crippen molar-refractivity contribution in [3.8, 4) is 17.2 Å². The molecule has 1 amide bonds. The summed E-state index contributed by atoms with van der Waals surface area (Å²) >= 11 is 6.17. The Bertz CT molecular complexity index is 1460. The molecule has 1 fully saturated rings. The largest absolute Gasteiger partial charge is 0.507 e. The van der Waals surface area contributed by atoms with Gasteiger partial charge in [0.1, 0.15) is 11.5 Å². The third-order valence-electron chi connectivity index (χ3n) is 6.48. The van der Waals surface area contributed by atoms with Gasteiger partial charge in [-0.15, -0.1) is 0 Å². The summed E-state index contributed by atoms with van der Waals surface area (Å²) in [7, 11) is 0. The molecule has 204 valence electrons. The van der Waals surface area contributed by atoms with Crippen molar-refractivity contribution < 1.29 is 29.3 Å². The van der Waals surface area contributed by atoms with Crippen LogP contribution in [0.15, 0.2) is 60.2 Å². The van der Waals surface area contributed by atoms with E-state index in [1.54, 1.807) is 62.4 Å². The Labute approximate surface area is 233 Å². The number of phenols is 1. The highest BCUT2D eigenvalue weighted by molar-refractivity contribution is 6.51. The number of hydrogen-bond donors (Lipinski definition) is 2. The lowest BCUT2D eigenvalue weighted by molar-refractivity contribution is -0.132. The third-order valence-corrected chi connectivity index (χ3v) is 6.72. The standard InChI is InChI=1S/C31H32ClNO6/c1-6-38-26-15-20(7-11-24(26)34)28-27(29(35)21-8-12-25(19(5)13-21)39-16-17(2)3)30(36)31(37)33(28)23-10-9-22(32)14-18(23)4/h7-15,17,28,34-35H,6,16H2,1-5H3/b29-27+. The number of nitrogens with zero attached hydrogens (tertiary/aromatic N) is 1. The van der Waals surface area contributed by atoms with Crippen molar-refractivity contribution in [2.24, 2.45) is 5.92 Å². The number of carbonyl (C=O) groups is 2. The Morgan fingerprint density at radius 1 is 0.974 bits per heavy atom. The van der Waals surface area contributed by atoms with Crippen molar-refractivity contribution in [3.05, 3.63) is 87.4 Å². The van der Waals surface area contributed by atoms with Crippen molar-refractivity contribution in [2.45, 2.75) is 40.7 Å². The first-order chi connectivity index (χ1) is 18.5. The van der Waals surface area contributed by atoms with Gasteiger partial charge in [0.05, 0.1) is 24.8 Å². The van der Waals surface area contributed by atoms with Gasteiger partial charge >= 0.3 is 0 Å². The summed E-state index contributed by atoms with van der Waals surface area (Å²) < 4.78 is 11.4. The maximum Gasteiger partial charge on any atom is 0.300 e. The number of ether oxygens (including phenoxy) is 2. The van der Waals surface area contributed by atoms with E-state index in [9.17, 15) is 19.8 Å². The molecule has 0 aromatic heterocycles. The fourth-order valence-corrected chi connectivity index (χ4v) is 4.85. The first-order valence-electron chi connectivity index (χ1n) is 12.8. The number of aliphatic hydroxyl groups is 1. The number of rotatable bonds is 8. The second-order valence-electron chi connectivity index (χ2n) is 9.95. The molecule has 0 spiro atoms. The monoisotopic (exact) mass is 549 g/mol. The van der Waals surface area contributed by atoms with Crippen molar-refractivity contribution >= 4 is 34.7 Å². The summed E-state index contributed by atoms with van der Waals surface area (Å²) in [5, 5.41) is 22.3. The number of aliphatic hydroxyl groups excluding tert-OH is 1. The predicted molar refractivity (Wildman–Crippen MR) is 152 cm³/mol. The van der Waals surface area contributed by atoms with Gasteiger partial charge < -0.3 is 19.7 Å². The molecular formula is C31H32ClNO6. The maximum absolute atomic E-state index is 13.5. The zero-order chi connectivity index (χ0) is 28.4. The fraction of sp³-hybridized carbons (Fsp3) is 0.290. The summed E-state index contributed by atoms with van der Waals surface area (Å²) in [6.07, 6.45) is 0. The lowest BCUT2D eigenvalue weighted by atomic mass is 9.94. The van der Waals surface area contributed by atoms with Gasteiger partial charge in [-0.3, -0.25) is 14.5 Å². The van der Waals surface area contributed by atoms with Gasteiger partial charge in [0.25, 0.3) is 11.7 Å². The number of phenolic OH excluding ortho intramolecular Hbond substituents is 1. The minimum absolute atomic E-state index is 0.0715. The lowest BCUT2D eigenvalue weighted by Gasteiger charge is -2.27. The number of hydrogen-bond acceptors (Lipinski definition) is 6. The van der Waals surface area contributed by atoms with Crippen LogP contribution in [0.3, 0.4) is 0 Å². The number of ketones is 1. The van der Waals surface area contributed by atoms with Crippen LogP contribution in [-0.4, -0.2) is 35.1 Å². The first-order valence-corrected chi connectivity index (χ1v) is 13.2. The van der Waals surface area contributed by atoms with E-state index in [0.29, 0.717) is 52.3 Å². The van der Waals surface area contributed by atoms with Crippen LogP contribution in [0.4, 0.5) is 5.69 Å². The minimum atomic E-state index is -0.984. The molecule has 0 aliphatic carbocycles. The summed E-state index contributed by atoms with van der Waals surface area (Å²) in [5.41, 5.74) is 2.73. The molecule has 1 atom stereocenters. The topological polar surface area (TPSA) is 96.3 Å². The van der Waals surface area contributed by atoms with Crippen LogP contribution in [0, 0.1) is 19.8 Å². The molecular weight excluding hydrogens is 518 g/mol. The van der Waals surface area contributed by atoms with E-state index in [1.165, 1.54) is 11.0 Å². The summed E-state index contributed by atoms with van der Waals surface area (Å²) in [4.78, 5) is 28.4. The molecule has 1 unspecified atom stereocenters. The Balaban J connectivity index is 1.91. The van der Waals surface area contributed by atoms with E-state index in [2.05, 4.69) is 13.8 Å². The molecule has 2 N–H and O–H groups in total. The second-order valence-corrected chi connectivity index (χ2v) is 10.4. The van der Waals surface area contributed by atoms with Gasteiger partial charge in [-0.2, -0.15) is 0 Å². The highest BCUT2D eigenvalue weighted by Crippen LogP contribution is 2.45. The Morgan fingerprint density at radius 3 is 2.36 bits per heavy atom. The van der Waals surface area contributed by atoms with Crippen LogP contribution in [0.25, 0.3) is 5.76 Å². The number of carbonyl (C=O) groups excluding carboxylic acids is 2. The molecule has 0 saturated carbocycles. The average Bonchev–Trinajstić information content (AvgIpc) is 3.14. The Hall–Kier alpha value is -3.97. The second kappa shape index (κ2) is 11.4. The third kappa shape index (κ3) is 5.59. The number of aryl methyl sites for hydroxylation is 2. The molecule has 3 aromatic carbocycles. The molecule has 0 radical (unpaired) electrons. The van der Waals surface area contributed by atoms with Crippen molar-refractivity contribution in [1.29, 1.82) is 0 Å². The van der Waals surface area contributed by atoms with E-state index in [-0.39, 0.29) is 22.8 Å². The molecule has 8 heteroatoms. The van der Waals surface area contributed by atoms with Crippen LogP contribution in [0.2, 0.25) is 5.02 Å². The molecule has 0 bridgehead atoms. The Kier molecular flexibility index (Phi) is 8.21. The number of benzene rings is 3. The number of amides is 1. The SMILES string of the molecule is CCOc1cc(C2/C(=C(\O)c3ccc(OCC(C)C)c(C)c3)C(=O)C(=O)N2c2ccc(Cl)cc2C)ccc1O. The van der Waals surface area contributed by atoms with Crippen LogP contribution in [-0.2, 0) is 9.59 Å². The molecule has 1 heterocycles. The van der Waals surface area contributed by atoms with Gasteiger partial charge in [0.2, 0.25) is 0 Å². The quantitative estimate of drug-likeness (QED) is 0.184. The van der Waals surface area contributed by atoms with Gasteiger partial charge in [0, 0.05) is 16.3 Å². The van der Waals surface area contributed by atoms with E-state index in [0.717, 1.165) is 5.56 Å². The zero-order valence-electron chi connectivity index (χ0n) is 22.6. The number of aromatic hydroxyl groups is 1. The summed E-state index contributed by atoms with van der Waals surface area (Å²) in [5.74, 6) is -0.770. The van der Waals surface area contributed by atoms with E-state index < -0.39 is 17.7 Å². The molecule has 7 nitrogen and oxygen atoms in total. The average molecular weight is 550 g/mol. The Morgan fingerprint density at radius 2 is 1.72 bits per heavy atom. The number of Topliss-reactive ketones (excluding diaryl/α,β-unsaturated/α-hetero) is 1. The molecule has 1 aliphatic rings. The van der Waals surface area contributed by atoms with Gasteiger partial charge in [0.15, 0.2) is 11.5 Å². The van der Waals surface area contributed by atoms with Crippen molar-refractivity contribution in [2.75, 3.05) is 18.1 Å². The molecule has 1 saturated heterocycles. The minimum Gasteiger partial charge on any atom is -0.507 e. The van der Waals surface area contributed by atoms with Crippen molar-refractivity contribution in [1.82, 2.24) is 0 Å². The lowest BCUT2D eigenvalue weighted by Crippen LogP contribution is -2.30. The van der Waals surface area contributed by atoms with Crippen LogP contribution < -0.4 is 14.4 Å². The predicted octanol–water partition coefficient (Wildman–Crippen LogP) is 6.72.